The summed E-state index contributed by atoms with van der Waals surface area (Å²) in [6.07, 6.45) is 12.8. The Labute approximate surface area is 200 Å². The number of nitrogens with one attached hydrogen (secondary N) is 3. The van der Waals surface area contributed by atoms with Crippen LogP contribution in [0.5, 0.6) is 0 Å². The van der Waals surface area contributed by atoms with Gasteiger partial charge in [0.1, 0.15) is 5.69 Å². The molecule has 5 heterocycles. The lowest BCUT2D eigenvalue weighted by atomic mass is 10.1. The maximum atomic E-state index is 5.01. The van der Waals surface area contributed by atoms with Gasteiger partial charge in [-0.25, -0.2) is 9.97 Å². The smallest absolute Gasteiger partial charge is 0.181 e. The van der Waals surface area contributed by atoms with Gasteiger partial charge >= 0.3 is 0 Å². The highest BCUT2D eigenvalue weighted by molar-refractivity contribution is 7.11. The standard InChI is InChI=1S/C26H23N7S/c1-2-27-12-16-10-17(14-28-13-16)18-11-20-24(32-33-25(20)29-15-18)26-30-21-7-4-3-6-19(23(21)31-26)22-8-5-9-34-22/h3-6,8-11,13-15,27H,2,7,12H2,1H3,(H,30,31)(H,29,32,33). The molecule has 6 rings (SSSR count). The first kappa shape index (κ1) is 20.7. The van der Waals surface area contributed by atoms with E-state index >= 15 is 0 Å². The van der Waals surface area contributed by atoms with Crippen molar-refractivity contribution in [2.75, 3.05) is 6.54 Å². The van der Waals surface area contributed by atoms with Crippen molar-refractivity contribution in [3.63, 3.8) is 0 Å². The number of hydrogen-bond acceptors (Lipinski definition) is 6. The van der Waals surface area contributed by atoms with Gasteiger partial charge in [0.15, 0.2) is 11.5 Å². The van der Waals surface area contributed by atoms with Crippen LogP contribution in [0.2, 0.25) is 0 Å². The lowest BCUT2D eigenvalue weighted by Crippen LogP contribution is -2.11. The average molecular weight is 466 g/mol. The van der Waals surface area contributed by atoms with Crippen LogP contribution in [-0.4, -0.2) is 36.7 Å². The van der Waals surface area contributed by atoms with Crippen molar-refractivity contribution in [1.82, 2.24) is 35.5 Å². The van der Waals surface area contributed by atoms with E-state index < -0.39 is 0 Å². The molecule has 0 fully saturated rings. The zero-order valence-corrected chi connectivity index (χ0v) is 19.5. The second-order valence-corrected chi connectivity index (χ2v) is 9.11. The third-order valence-electron chi connectivity index (χ3n) is 5.90. The SMILES string of the molecule is CCNCc1cncc(-c2cnc3n[nH]c(-c4nc5c([nH]4)CC=CC=C5c4cccs4)c3c2)c1. The molecular formula is C26H23N7S. The van der Waals surface area contributed by atoms with E-state index in [0.29, 0.717) is 5.65 Å². The summed E-state index contributed by atoms with van der Waals surface area (Å²) in [5.41, 5.74) is 7.87. The first-order valence-corrected chi connectivity index (χ1v) is 12.2. The first-order valence-electron chi connectivity index (χ1n) is 11.3. The Kier molecular flexibility index (Phi) is 5.37. The van der Waals surface area contributed by atoms with E-state index in [2.05, 4.69) is 85.3 Å². The molecule has 1 aliphatic rings. The lowest BCUT2D eigenvalue weighted by molar-refractivity contribution is 0.724. The molecule has 5 aromatic heterocycles. The lowest BCUT2D eigenvalue weighted by Gasteiger charge is -2.05. The minimum Gasteiger partial charge on any atom is -0.340 e. The number of aromatic nitrogens is 6. The molecule has 0 radical (unpaired) electrons. The van der Waals surface area contributed by atoms with Crippen LogP contribution in [0.1, 0.15) is 28.8 Å². The Bertz CT molecular complexity index is 1520. The van der Waals surface area contributed by atoms with Crippen LogP contribution in [0.4, 0.5) is 0 Å². The molecule has 0 saturated carbocycles. The Hall–Kier alpha value is -3.88. The Morgan fingerprint density at radius 2 is 2.09 bits per heavy atom. The van der Waals surface area contributed by atoms with Crippen LogP contribution in [0, 0.1) is 0 Å². The molecule has 0 aromatic carbocycles. The van der Waals surface area contributed by atoms with Crippen molar-refractivity contribution in [2.24, 2.45) is 0 Å². The van der Waals surface area contributed by atoms with Gasteiger partial charge in [-0.05, 0) is 35.7 Å². The number of rotatable bonds is 6. The van der Waals surface area contributed by atoms with Gasteiger partial charge in [0.05, 0.1) is 11.1 Å². The van der Waals surface area contributed by atoms with Crippen LogP contribution < -0.4 is 5.32 Å². The van der Waals surface area contributed by atoms with Crippen LogP contribution >= 0.6 is 11.3 Å². The predicted molar refractivity (Wildman–Crippen MR) is 136 cm³/mol. The number of nitrogens with zero attached hydrogens (tertiary/aromatic N) is 4. The number of allylic oxidation sites excluding steroid dienone is 3. The van der Waals surface area contributed by atoms with Crippen molar-refractivity contribution in [3.8, 4) is 22.6 Å². The average Bonchev–Trinajstić information content (AvgIpc) is 3.61. The van der Waals surface area contributed by atoms with Crippen LogP contribution in [0.3, 0.4) is 0 Å². The summed E-state index contributed by atoms with van der Waals surface area (Å²) >= 11 is 1.72. The first-order chi connectivity index (χ1) is 16.8. The highest BCUT2D eigenvalue weighted by atomic mass is 32.1. The fourth-order valence-electron chi connectivity index (χ4n) is 4.21. The number of H-pyrrole nitrogens is 2. The molecule has 0 saturated heterocycles. The van der Waals surface area contributed by atoms with E-state index in [0.717, 1.165) is 70.1 Å². The Morgan fingerprint density at radius 1 is 1.15 bits per heavy atom. The van der Waals surface area contributed by atoms with Gasteiger partial charge in [-0.1, -0.05) is 31.2 Å². The molecule has 5 aromatic rings. The van der Waals surface area contributed by atoms with Crippen molar-refractivity contribution in [2.45, 2.75) is 19.9 Å². The van der Waals surface area contributed by atoms with Gasteiger partial charge < -0.3 is 10.3 Å². The molecular weight excluding hydrogens is 442 g/mol. The van der Waals surface area contributed by atoms with Gasteiger partial charge in [0.2, 0.25) is 0 Å². The second-order valence-electron chi connectivity index (χ2n) is 8.16. The molecule has 0 amide bonds. The molecule has 34 heavy (non-hydrogen) atoms. The molecule has 0 unspecified atom stereocenters. The van der Waals surface area contributed by atoms with Gasteiger partial charge in [-0.15, -0.1) is 11.3 Å². The fourth-order valence-corrected chi connectivity index (χ4v) is 4.96. The molecule has 0 bridgehead atoms. The normalized spacial score (nSPS) is 13.1. The van der Waals surface area contributed by atoms with E-state index in [1.165, 1.54) is 4.88 Å². The summed E-state index contributed by atoms with van der Waals surface area (Å²) in [7, 11) is 0. The van der Waals surface area contributed by atoms with Crippen molar-refractivity contribution >= 4 is 27.9 Å². The summed E-state index contributed by atoms with van der Waals surface area (Å²) in [6, 6.07) is 8.46. The van der Waals surface area contributed by atoms with Crippen molar-refractivity contribution < 1.29 is 0 Å². The summed E-state index contributed by atoms with van der Waals surface area (Å²) in [5.74, 6) is 0.767. The summed E-state index contributed by atoms with van der Waals surface area (Å²) in [5, 5.41) is 14.0. The van der Waals surface area contributed by atoms with Gasteiger partial charge in [0, 0.05) is 58.8 Å². The quantitative estimate of drug-likeness (QED) is 0.323. The molecule has 1 aliphatic carbocycles. The molecule has 0 spiro atoms. The summed E-state index contributed by atoms with van der Waals surface area (Å²) < 4.78 is 0. The Balaban J connectivity index is 1.41. The minimum atomic E-state index is 0.663. The van der Waals surface area contributed by atoms with E-state index in [4.69, 9.17) is 4.98 Å². The number of hydrogen-bond donors (Lipinski definition) is 3. The van der Waals surface area contributed by atoms with E-state index in [1.54, 1.807) is 11.3 Å². The monoisotopic (exact) mass is 465 g/mol. The number of aromatic amines is 2. The predicted octanol–water partition coefficient (Wildman–Crippen LogP) is 5.13. The fraction of sp³-hybridized carbons (Fsp3) is 0.154. The number of imidazole rings is 1. The largest absolute Gasteiger partial charge is 0.340 e. The number of pyridine rings is 2. The van der Waals surface area contributed by atoms with E-state index in [9.17, 15) is 0 Å². The van der Waals surface area contributed by atoms with E-state index in [-0.39, 0.29) is 0 Å². The van der Waals surface area contributed by atoms with Crippen molar-refractivity contribution in [1.29, 1.82) is 0 Å². The molecule has 7 nitrogen and oxygen atoms in total. The zero-order chi connectivity index (χ0) is 22.9. The van der Waals surface area contributed by atoms with Gasteiger partial charge in [-0.3, -0.25) is 10.1 Å². The minimum absolute atomic E-state index is 0.663. The number of thiophene rings is 1. The Morgan fingerprint density at radius 3 is 2.97 bits per heavy atom. The van der Waals surface area contributed by atoms with Crippen molar-refractivity contribution in [3.05, 3.63) is 88.3 Å². The van der Waals surface area contributed by atoms with Gasteiger partial charge in [0.25, 0.3) is 0 Å². The molecule has 8 heteroatoms. The van der Waals surface area contributed by atoms with Crippen LogP contribution in [-0.2, 0) is 13.0 Å². The molecule has 168 valence electrons. The topological polar surface area (TPSA) is 95.2 Å². The highest BCUT2D eigenvalue weighted by Gasteiger charge is 2.20. The second kappa shape index (κ2) is 8.81. The van der Waals surface area contributed by atoms with E-state index in [1.807, 2.05) is 18.6 Å². The maximum Gasteiger partial charge on any atom is 0.181 e. The molecule has 3 N–H and O–H groups in total. The van der Waals surface area contributed by atoms with Crippen LogP contribution in [0.15, 0.2) is 66.5 Å². The maximum absolute atomic E-state index is 5.01. The van der Waals surface area contributed by atoms with Gasteiger partial charge in [-0.2, -0.15) is 5.10 Å². The highest BCUT2D eigenvalue weighted by Crippen LogP contribution is 2.34. The summed E-state index contributed by atoms with van der Waals surface area (Å²) in [6.45, 7) is 3.80. The number of fused-ring (bicyclic) bond motifs is 2. The third-order valence-corrected chi connectivity index (χ3v) is 6.80. The zero-order valence-electron chi connectivity index (χ0n) is 18.7. The van der Waals surface area contributed by atoms with Crippen LogP contribution in [0.25, 0.3) is 39.3 Å². The molecule has 0 aliphatic heterocycles. The summed E-state index contributed by atoms with van der Waals surface area (Å²) in [4.78, 5) is 18.8. The third kappa shape index (κ3) is 3.76. The molecule has 0 atom stereocenters.